The number of rotatable bonds is 5. The quantitative estimate of drug-likeness (QED) is 0.421. The summed E-state index contributed by atoms with van der Waals surface area (Å²) in [5, 5.41) is 8.68. The van der Waals surface area contributed by atoms with Gasteiger partial charge in [0.1, 0.15) is 5.82 Å². The highest BCUT2D eigenvalue weighted by Gasteiger charge is 2.30. The Morgan fingerprint density at radius 3 is 2.12 bits per heavy atom. The maximum Gasteiger partial charge on any atom is 0.416 e. The summed E-state index contributed by atoms with van der Waals surface area (Å²) in [5.41, 5.74) is 1.40. The Hall–Kier alpha value is -1.88. The number of aliphatic hydroxyl groups excluding tert-OH is 1. The van der Waals surface area contributed by atoms with Crippen molar-refractivity contribution in [3.8, 4) is 0 Å². The lowest BCUT2D eigenvalue weighted by molar-refractivity contribution is -0.137. The molecule has 1 aliphatic rings. The molecule has 0 amide bonds. The van der Waals surface area contributed by atoms with E-state index in [0.717, 1.165) is 24.0 Å². The minimum absolute atomic E-state index is 0.124. The standard InChI is InChI=1S/C14H19F.C9H9F3O.C6H14/c1-2-11-4-3-5-13(10-11)12-6-8-14(15)9-7-12;1-6-2-7(5-13)4-8(3-6)9(10,11)12;1-4-5-6(2)3/h6-9,11,13H,2-5,10H2,1H3;2-4,13H,5H2,1H3;6H,4-5H2,1-3H3. The number of benzene rings is 2. The minimum atomic E-state index is -4.34. The molecule has 0 radical (unpaired) electrons. The van der Waals surface area contributed by atoms with Crippen molar-refractivity contribution in [2.24, 2.45) is 11.8 Å². The van der Waals surface area contributed by atoms with Crippen molar-refractivity contribution in [1.82, 2.24) is 0 Å². The van der Waals surface area contributed by atoms with Crippen LogP contribution in [-0.2, 0) is 12.8 Å². The van der Waals surface area contributed by atoms with Gasteiger partial charge in [-0.15, -0.1) is 0 Å². The van der Waals surface area contributed by atoms with Gasteiger partial charge in [-0.1, -0.05) is 83.6 Å². The van der Waals surface area contributed by atoms with Crippen molar-refractivity contribution >= 4 is 0 Å². The summed E-state index contributed by atoms with van der Waals surface area (Å²) in [6.45, 7) is 10.2. The largest absolute Gasteiger partial charge is 0.416 e. The molecule has 34 heavy (non-hydrogen) atoms. The zero-order valence-corrected chi connectivity index (χ0v) is 21.4. The molecule has 1 fully saturated rings. The molecule has 0 bridgehead atoms. The molecule has 1 aliphatic carbocycles. The second-order valence-corrected chi connectivity index (χ2v) is 9.74. The summed E-state index contributed by atoms with van der Waals surface area (Å²) >= 11 is 0. The van der Waals surface area contributed by atoms with E-state index in [-0.39, 0.29) is 18.0 Å². The molecule has 2 unspecified atom stereocenters. The van der Waals surface area contributed by atoms with Gasteiger partial charge in [-0.05, 0) is 72.9 Å². The summed E-state index contributed by atoms with van der Waals surface area (Å²) in [4.78, 5) is 0. The summed E-state index contributed by atoms with van der Waals surface area (Å²) in [7, 11) is 0. The second-order valence-electron chi connectivity index (χ2n) is 9.74. The molecular formula is C29H42F4O. The molecule has 1 saturated carbocycles. The van der Waals surface area contributed by atoms with Gasteiger partial charge in [-0.25, -0.2) is 4.39 Å². The van der Waals surface area contributed by atoms with Gasteiger partial charge < -0.3 is 5.11 Å². The first kappa shape index (κ1) is 30.2. The van der Waals surface area contributed by atoms with E-state index in [2.05, 4.69) is 27.7 Å². The van der Waals surface area contributed by atoms with Crippen LogP contribution in [0.4, 0.5) is 17.6 Å². The smallest absolute Gasteiger partial charge is 0.392 e. The first-order chi connectivity index (χ1) is 16.0. The predicted molar refractivity (Wildman–Crippen MR) is 133 cm³/mol. The lowest BCUT2D eigenvalue weighted by Gasteiger charge is -2.28. The fourth-order valence-corrected chi connectivity index (χ4v) is 4.39. The summed E-state index contributed by atoms with van der Waals surface area (Å²) in [6.07, 6.45) is 4.95. The predicted octanol–water partition coefficient (Wildman–Crippen LogP) is 9.46. The van der Waals surface area contributed by atoms with Crippen LogP contribution in [0.3, 0.4) is 0 Å². The van der Waals surface area contributed by atoms with Crippen molar-refractivity contribution in [1.29, 1.82) is 0 Å². The van der Waals surface area contributed by atoms with Crippen LogP contribution in [0.1, 0.15) is 101 Å². The Kier molecular flexibility index (Phi) is 13.5. The van der Waals surface area contributed by atoms with Crippen LogP contribution in [0, 0.1) is 24.6 Å². The third-order valence-electron chi connectivity index (χ3n) is 6.21. The van der Waals surface area contributed by atoms with Crippen LogP contribution in [0.15, 0.2) is 42.5 Å². The van der Waals surface area contributed by atoms with Crippen molar-refractivity contribution < 1.29 is 22.7 Å². The molecule has 1 nitrogen and oxygen atoms in total. The fourth-order valence-electron chi connectivity index (χ4n) is 4.39. The monoisotopic (exact) mass is 482 g/mol. The third kappa shape index (κ3) is 11.5. The third-order valence-corrected chi connectivity index (χ3v) is 6.21. The maximum atomic E-state index is 12.8. The maximum absolute atomic E-state index is 12.8. The highest BCUT2D eigenvalue weighted by atomic mass is 19.4. The van der Waals surface area contributed by atoms with E-state index in [4.69, 9.17) is 5.11 Å². The Bertz CT molecular complexity index is 812. The molecule has 3 rings (SSSR count). The van der Waals surface area contributed by atoms with Crippen LogP contribution >= 0.6 is 0 Å². The molecule has 2 aromatic rings. The number of halogens is 4. The highest BCUT2D eigenvalue weighted by Crippen LogP contribution is 2.37. The van der Waals surface area contributed by atoms with E-state index < -0.39 is 11.7 Å². The molecule has 0 spiro atoms. The first-order valence-electron chi connectivity index (χ1n) is 12.5. The first-order valence-corrected chi connectivity index (χ1v) is 12.5. The van der Waals surface area contributed by atoms with Crippen molar-refractivity contribution in [2.75, 3.05) is 0 Å². The van der Waals surface area contributed by atoms with Gasteiger partial charge in [-0.2, -0.15) is 13.2 Å². The van der Waals surface area contributed by atoms with Gasteiger partial charge in [0.2, 0.25) is 0 Å². The summed E-state index contributed by atoms with van der Waals surface area (Å²) in [6, 6.07) is 10.6. The molecule has 0 heterocycles. The van der Waals surface area contributed by atoms with Gasteiger partial charge in [0.05, 0.1) is 12.2 Å². The van der Waals surface area contributed by atoms with Crippen LogP contribution in [-0.4, -0.2) is 5.11 Å². The van der Waals surface area contributed by atoms with Crippen LogP contribution in [0.2, 0.25) is 0 Å². The molecule has 192 valence electrons. The van der Waals surface area contributed by atoms with E-state index in [0.29, 0.717) is 11.5 Å². The molecular weight excluding hydrogens is 440 g/mol. The summed E-state index contributed by atoms with van der Waals surface area (Å²) in [5.74, 6) is 2.33. The molecule has 1 N–H and O–H groups in total. The van der Waals surface area contributed by atoms with Gasteiger partial charge in [-0.3, -0.25) is 0 Å². The zero-order chi connectivity index (χ0) is 25.7. The lowest BCUT2D eigenvalue weighted by atomic mass is 9.77. The lowest BCUT2D eigenvalue weighted by Crippen LogP contribution is -2.13. The molecule has 0 aliphatic heterocycles. The summed E-state index contributed by atoms with van der Waals surface area (Å²) < 4.78 is 49.4. The van der Waals surface area contributed by atoms with Crippen LogP contribution < -0.4 is 0 Å². The normalized spacial score (nSPS) is 18.0. The van der Waals surface area contributed by atoms with Crippen molar-refractivity contribution in [2.45, 2.75) is 98.3 Å². The van der Waals surface area contributed by atoms with Crippen molar-refractivity contribution in [3.63, 3.8) is 0 Å². The van der Waals surface area contributed by atoms with Gasteiger partial charge in [0.15, 0.2) is 0 Å². The number of aliphatic hydroxyl groups is 1. The Labute approximate surface area is 203 Å². The van der Waals surface area contributed by atoms with Crippen molar-refractivity contribution in [3.05, 3.63) is 70.5 Å². The van der Waals surface area contributed by atoms with E-state index in [9.17, 15) is 17.6 Å². The zero-order valence-electron chi connectivity index (χ0n) is 21.4. The fraction of sp³-hybridized carbons (Fsp3) is 0.586. The van der Waals surface area contributed by atoms with E-state index >= 15 is 0 Å². The minimum Gasteiger partial charge on any atom is -0.392 e. The average molecular weight is 483 g/mol. The van der Waals surface area contributed by atoms with Crippen LogP contribution in [0.5, 0.6) is 0 Å². The molecule has 2 atom stereocenters. The molecule has 5 heteroatoms. The van der Waals surface area contributed by atoms with E-state index in [1.807, 2.05) is 12.1 Å². The topological polar surface area (TPSA) is 20.2 Å². The highest BCUT2D eigenvalue weighted by molar-refractivity contribution is 5.30. The Morgan fingerprint density at radius 2 is 1.65 bits per heavy atom. The van der Waals surface area contributed by atoms with Gasteiger partial charge in [0, 0.05) is 0 Å². The SMILES string of the molecule is CCC1CCCC(c2ccc(F)cc2)C1.CCCC(C)C.Cc1cc(CO)cc(C(F)(F)F)c1. The molecule has 0 saturated heterocycles. The number of aryl methyl sites for hydroxylation is 1. The molecule has 0 aromatic heterocycles. The van der Waals surface area contributed by atoms with Crippen LogP contribution in [0.25, 0.3) is 0 Å². The number of alkyl halides is 3. The Morgan fingerprint density at radius 1 is 1.00 bits per heavy atom. The average Bonchev–Trinajstić information content (AvgIpc) is 2.79. The molecule has 2 aromatic carbocycles. The number of hydrogen-bond donors (Lipinski definition) is 1. The second kappa shape index (κ2) is 15.2. The van der Waals surface area contributed by atoms with Gasteiger partial charge >= 0.3 is 6.18 Å². The van der Waals surface area contributed by atoms with E-state index in [1.165, 1.54) is 56.6 Å². The number of hydrogen-bond acceptors (Lipinski definition) is 1. The Balaban J connectivity index is 0.000000279. The van der Waals surface area contributed by atoms with Gasteiger partial charge in [0.25, 0.3) is 0 Å². The van der Waals surface area contributed by atoms with E-state index in [1.54, 1.807) is 19.1 Å².